The maximum atomic E-state index is 9.66. The van der Waals surface area contributed by atoms with Crippen LogP contribution in [0.15, 0.2) is 157 Å². The summed E-state index contributed by atoms with van der Waals surface area (Å²) in [4.78, 5) is 5.41. The average Bonchev–Trinajstić information content (AvgIpc) is 3.17. The highest BCUT2D eigenvalue weighted by Crippen LogP contribution is 2.14. The van der Waals surface area contributed by atoms with Crippen molar-refractivity contribution in [1.82, 2.24) is 0 Å². The van der Waals surface area contributed by atoms with Gasteiger partial charge in [-0.3, -0.25) is 0 Å². The molecule has 0 bridgehead atoms. The van der Waals surface area contributed by atoms with E-state index in [1.54, 1.807) is 6.08 Å². The van der Waals surface area contributed by atoms with Crippen molar-refractivity contribution in [2.24, 2.45) is 10.2 Å². The van der Waals surface area contributed by atoms with E-state index in [0.717, 1.165) is 22.0 Å². The molecular formula is C38H43BrN6O4. The van der Waals surface area contributed by atoms with E-state index in [-0.39, 0.29) is 25.3 Å². The van der Waals surface area contributed by atoms with Crippen molar-refractivity contribution in [3.63, 3.8) is 0 Å². The van der Waals surface area contributed by atoms with E-state index < -0.39 is 12.2 Å². The first-order valence-corrected chi connectivity index (χ1v) is 16.7. The van der Waals surface area contributed by atoms with Crippen LogP contribution >= 0.6 is 15.9 Å². The molecule has 0 radical (unpaired) electrons. The molecule has 4 aromatic carbocycles. The molecule has 0 fully saturated rings. The number of aliphatic hydroxyl groups is 1. The number of halogens is 1. The molecule has 0 spiro atoms. The third-order valence-corrected chi connectivity index (χ3v) is 7.39. The number of hydrogen-bond donors (Lipinski definition) is 1. The Balaban J connectivity index is 0.000000288. The lowest BCUT2D eigenvalue weighted by atomic mass is 10.2. The number of nitrogens with zero attached hydrogens (tertiary/aromatic N) is 6. The van der Waals surface area contributed by atoms with Crippen molar-refractivity contribution in [2.75, 3.05) is 13.1 Å². The fourth-order valence-electron chi connectivity index (χ4n) is 4.13. The first-order chi connectivity index (χ1) is 24.0. The standard InChI is InChI=1S/C19H21N3O2.C12H15N3O2.C7H7Br/c1-2-18(23-14-16-9-5-3-6-10-16)19(13-21-22-20)24-15-17-11-7-4-8-12-17;1-2-12(11(16)8-14-15-13)17-9-10-6-4-3-5-7-10;8-6-7-4-2-1-3-5-7/h2-12,18-19H,1,13-15H2;2-7,11-12,16H,1,8-9H2;1-5H,6H2/t18-,19+;11-,12+;/m10./s1. The van der Waals surface area contributed by atoms with Crippen LogP contribution in [0.1, 0.15) is 22.3 Å². The highest BCUT2D eigenvalue weighted by atomic mass is 79.9. The molecule has 0 unspecified atom stereocenters. The SMILES string of the molecule is BrCc1ccccc1.C=C[C@@H](OCc1ccccc1)[C@@H](O)CN=[N+]=[N-].C=C[C@@H](OCc1ccccc1)[C@H](CN=[N+]=[N-])OCc1ccccc1. The van der Waals surface area contributed by atoms with Gasteiger partial charge in [0, 0.05) is 15.2 Å². The summed E-state index contributed by atoms with van der Waals surface area (Å²) in [6, 6.07) is 39.6. The normalized spacial score (nSPS) is 12.4. The topological polar surface area (TPSA) is 145 Å². The van der Waals surface area contributed by atoms with Crippen LogP contribution in [0.4, 0.5) is 0 Å². The summed E-state index contributed by atoms with van der Waals surface area (Å²) in [7, 11) is 0. The van der Waals surface area contributed by atoms with Crippen LogP contribution in [0.25, 0.3) is 20.9 Å². The Morgan fingerprint density at radius 3 is 1.33 bits per heavy atom. The second-order valence-corrected chi connectivity index (χ2v) is 10.9. The summed E-state index contributed by atoms with van der Waals surface area (Å²) in [5.41, 5.74) is 21.2. The molecule has 0 saturated carbocycles. The zero-order valence-corrected chi connectivity index (χ0v) is 29.0. The lowest BCUT2D eigenvalue weighted by Crippen LogP contribution is -2.32. The fraction of sp³-hybridized carbons (Fsp3) is 0.263. The van der Waals surface area contributed by atoms with Crippen LogP contribution in [-0.2, 0) is 39.4 Å². The van der Waals surface area contributed by atoms with Gasteiger partial charge in [-0.1, -0.05) is 160 Å². The van der Waals surface area contributed by atoms with E-state index in [1.807, 2.05) is 109 Å². The zero-order valence-electron chi connectivity index (χ0n) is 27.4. The van der Waals surface area contributed by atoms with E-state index in [1.165, 1.54) is 11.6 Å². The lowest BCUT2D eigenvalue weighted by molar-refractivity contribution is -0.0596. The summed E-state index contributed by atoms with van der Waals surface area (Å²) in [6.07, 6.45) is 1.03. The van der Waals surface area contributed by atoms with Gasteiger partial charge in [0.25, 0.3) is 0 Å². The van der Waals surface area contributed by atoms with E-state index in [2.05, 4.69) is 61.3 Å². The van der Waals surface area contributed by atoms with Crippen molar-refractivity contribution in [3.05, 3.63) is 190 Å². The molecule has 4 rings (SSSR count). The largest absolute Gasteiger partial charge is 0.390 e. The van der Waals surface area contributed by atoms with Crippen molar-refractivity contribution >= 4 is 15.9 Å². The maximum absolute atomic E-state index is 9.66. The van der Waals surface area contributed by atoms with Crippen LogP contribution in [0, 0.1) is 0 Å². The Morgan fingerprint density at radius 1 is 0.592 bits per heavy atom. The van der Waals surface area contributed by atoms with Gasteiger partial charge < -0.3 is 19.3 Å². The van der Waals surface area contributed by atoms with Gasteiger partial charge in [-0.15, -0.1) is 13.2 Å². The van der Waals surface area contributed by atoms with Gasteiger partial charge in [0.15, 0.2) is 0 Å². The summed E-state index contributed by atoms with van der Waals surface area (Å²) in [5.74, 6) is 0. The number of hydrogen-bond acceptors (Lipinski definition) is 6. The van der Waals surface area contributed by atoms with Crippen molar-refractivity contribution < 1.29 is 19.3 Å². The van der Waals surface area contributed by atoms with Gasteiger partial charge in [-0.05, 0) is 33.3 Å². The molecule has 10 nitrogen and oxygen atoms in total. The van der Waals surface area contributed by atoms with Crippen LogP contribution in [0.2, 0.25) is 0 Å². The molecule has 0 aliphatic rings. The van der Waals surface area contributed by atoms with E-state index >= 15 is 0 Å². The van der Waals surface area contributed by atoms with E-state index in [9.17, 15) is 5.11 Å². The molecule has 4 aromatic rings. The predicted molar refractivity (Wildman–Crippen MR) is 199 cm³/mol. The molecule has 11 heteroatoms. The molecule has 0 amide bonds. The second kappa shape index (κ2) is 26.3. The third kappa shape index (κ3) is 17.9. The summed E-state index contributed by atoms with van der Waals surface area (Å²) >= 11 is 3.36. The smallest absolute Gasteiger partial charge is 0.102 e. The van der Waals surface area contributed by atoms with E-state index in [4.69, 9.17) is 25.3 Å². The molecule has 4 atom stereocenters. The van der Waals surface area contributed by atoms with Gasteiger partial charge in [0.2, 0.25) is 0 Å². The minimum atomic E-state index is -0.868. The minimum Gasteiger partial charge on any atom is -0.390 e. The average molecular weight is 728 g/mol. The van der Waals surface area contributed by atoms with Crippen LogP contribution in [0.3, 0.4) is 0 Å². The van der Waals surface area contributed by atoms with Crippen LogP contribution < -0.4 is 0 Å². The van der Waals surface area contributed by atoms with Crippen molar-refractivity contribution in [1.29, 1.82) is 0 Å². The highest BCUT2D eigenvalue weighted by Gasteiger charge is 2.20. The molecule has 256 valence electrons. The monoisotopic (exact) mass is 726 g/mol. The first kappa shape index (κ1) is 40.5. The van der Waals surface area contributed by atoms with Gasteiger partial charge in [0.05, 0.1) is 45.1 Å². The maximum Gasteiger partial charge on any atom is 0.102 e. The molecule has 0 saturated heterocycles. The Labute approximate surface area is 297 Å². The first-order valence-electron chi connectivity index (χ1n) is 15.6. The number of alkyl halides is 1. The summed E-state index contributed by atoms with van der Waals surface area (Å²) in [6.45, 7) is 8.81. The molecule has 0 heterocycles. The van der Waals surface area contributed by atoms with Gasteiger partial charge in [-0.2, -0.15) is 0 Å². The van der Waals surface area contributed by atoms with Gasteiger partial charge >= 0.3 is 0 Å². The number of aliphatic hydroxyl groups excluding tert-OH is 1. The fourth-order valence-corrected chi connectivity index (χ4v) is 4.51. The quantitative estimate of drug-likeness (QED) is 0.0358. The number of benzene rings is 4. The van der Waals surface area contributed by atoms with E-state index in [0.29, 0.717) is 19.8 Å². The molecular weight excluding hydrogens is 684 g/mol. The highest BCUT2D eigenvalue weighted by molar-refractivity contribution is 9.08. The van der Waals surface area contributed by atoms with Crippen molar-refractivity contribution in [3.8, 4) is 0 Å². The number of azide groups is 2. The molecule has 0 aliphatic heterocycles. The van der Waals surface area contributed by atoms with Crippen LogP contribution in [0.5, 0.6) is 0 Å². The summed E-state index contributed by atoms with van der Waals surface area (Å²) in [5, 5.41) is 17.5. The zero-order chi connectivity index (χ0) is 35.4. The summed E-state index contributed by atoms with van der Waals surface area (Å²) < 4.78 is 17.3. The Morgan fingerprint density at radius 2 is 0.959 bits per heavy atom. The number of ether oxygens (including phenoxy) is 3. The Bertz CT molecular complexity index is 1540. The second-order valence-electron chi connectivity index (χ2n) is 10.3. The number of rotatable bonds is 18. The third-order valence-electron chi connectivity index (χ3n) is 6.74. The molecule has 49 heavy (non-hydrogen) atoms. The van der Waals surface area contributed by atoms with Crippen molar-refractivity contribution in [2.45, 2.75) is 49.6 Å². The molecule has 0 aromatic heterocycles. The molecule has 1 N–H and O–H groups in total. The van der Waals surface area contributed by atoms with Gasteiger partial charge in [-0.25, -0.2) is 0 Å². The Kier molecular flexibility index (Phi) is 21.7. The predicted octanol–water partition coefficient (Wildman–Crippen LogP) is 9.66. The molecule has 0 aliphatic carbocycles. The Hall–Kier alpha value is -4.70. The lowest BCUT2D eigenvalue weighted by Gasteiger charge is -2.24. The van der Waals surface area contributed by atoms with Crippen LogP contribution in [-0.4, -0.2) is 42.6 Å². The van der Waals surface area contributed by atoms with Gasteiger partial charge in [0.1, 0.15) is 12.2 Å². The minimum absolute atomic E-state index is 0.0258.